The van der Waals surface area contributed by atoms with E-state index in [1.807, 2.05) is 30.3 Å². The van der Waals surface area contributed by atoms with Crippen molar-refractivity contribution in [1.29, 1.82) is 0 Å². The number of para-hydroxylation sites is 1. The van der Waals surface area contributed by atoms with Crippen molar-refractivity contribution in [2.45, 2.75) is 0 Å². The van der Waals surface area contributed by atoms with Gasteiger partial charge in [-0.05, 0) is 23.6 Å². The molecule has 4 heteroatoms. The first-order chi connectivity index (χ1) is 9.75. The van der Waals surface area contributed by atoms with Crippen molar-refractivity contribution in [2.24, 2.45) is 10.2 Å². The number of phenols is 2. The van der Waals surface area contributed by atoms with Gasteiger partial charge < -0.3 is 10.2 Å². The fraction of sp³-hybridized carbons (Fsp3) is 0. The Labute approximate surface area is 115 Å². The van der Waals surface area contributed by atoms with Crippen LogP contribution in [-0.4, -0.2) is 10.2 Å². The number of hydrogen-bond donors (Lipinski definition) is 2. The lowest BCUT2D eigenvalue weighted by Gasteiger charge is -2.03. The van der Waals surface area contributed by atoms with Gasteiger partial charge in [-0.15, -0.1) is 10.2 Å². The first kappa shape index (κ1) is 12.2. The van der Waals surface area contributed by atoms with Gasteiger partial charge >= 0.3 is 0 Å². The highest BCUT2D eigenvalue weighted by Gasteiger charge is 2.05. The van der Waals surface area contributed by atoms with Crippen molar-refractivity contribution in [2.75, 3.05) is 0 Å². The number of hydrogen-bond acceptors (Lipinski definition) is 4. The zero-order valence-electron chi connectivity index (χ0n) is 10.6. The van der Waals surface area contributed by atoms with Crippen LogP contribution in [0.2, 0.25) is 0 Å². The van der Waals surface area contributed by atoms with Crippen molar-refractivity contribution in [3.63, 3.8) is 0 Å². The Balaban J connectivity index is 2.03. The molecule has 0 fully saturated rings. The summed E-state index contributed by atoms with van der Waals surface area (Å²) >= 11 is 0. The van der Waals surface area contributed by atoms with Gasteiger partial charge in [0.15, 0.2) is 5.75 Å². The normalized spacial score (nSPS) is 11.2. The third-order valence-corrected chi connectivity index (χ3v) is 3.03. The highest BCUT2D eigenvalue weighted by molar-refractivity contribution is 5.92. The lowest BCUT2D eigenvalue weighted by molar-refractivity contribution is 0.475. The van der Waals surface area contributed by atoms with E-state index in [1.165, 1.54) is 6.07 Å². The number of benzene rings is 3. The molecule has 0 aliphatic heterocycles. The first-order valence-corrected chi connectivity index (χ1v) is 6.16. The molecule has 0 heterocycles. The van der Waals surface area contributed by atoms with Crippen LogP contribution in [0.3, 0.4) is 0 Å². The Hall–Kier alpha value is -2.88. The number of aromatic hydroxyl groups is 2. The molecule has 0 unspecified atom stereocenters. The highest BCUT2D eigenvalue weighted by atomic mass is 16.3. The molecular formula is C16H12N2O2. The molecule has 0 aliphatic rings. The molecule has 2 N–H and O–H groups in total. The molecule has 4 nitrogen and oxygen atoms in total. The maximum atomic E-state index is 10.2. The minimum Gasteiger partial charge on any atom is -0.506 e. The molecule has 0 saturated heterocycles. The number of nitrogens with zero attached hydrogens (tertiary/aromatic N) is 2. The van der Waals surface area contributed by atoms with Crippen LogP contribution in [-0.2, 0) is 0 Å². The molecular weight excluding hydrogens is 252 g/mol. The maximum Gasteiger partial charge on any atom is 0.150 e. The third kappa shape index (κ3) is 2.19. The fourth-order valence-electron chi connectivity index (χ4n) is 1.98. The Morgan fingerprint density at radius 1 is 0.650 bits per heavy atom. The molecule has 0 aliphatic carbocycles. The van der Waals surface area contributed by atoms with E-state index in [0.29, 0.717) is 11.4 Å². The monoisotopic (exact) mass is 264 g/mol. The van der Waals surface area contributed by atoms with E-state index in [0.717, 1.165) is 10.8 Å². The summed E-state index contributed by atoms with van der Waals surface area (Å²) < 4.78 is 0. The number of fused-ring (bicyclic) bond motifs is 1. The van der Waals surface area contributed by atoms with Crippen molar-refractivity contribution in [3.8, 4) is 11.5 Å². The molecule has 0 aromatic heterocycles. The van der Waals surface area contributed by atoms with E-state index in [4.69, 9.17) is 0 Å². The second-order valence-electron chi connectivity index (χ2n) is 4.34. The molecule has 3 rings (SSSR count). The van der Waals surface area contributed by atoms with Crippen LogP contribution in [0.1, 0.15) is 0 Å². The number of phenolic OH excluding ortho intramolecular Hbond substituents is 2. The van der Waals surface area contributed by atoms with E-state index in [-0.39, 0.29) is 11.5 Å². The van der Waals surface area contributed by atoms with E-state index >= 15 is 0 Å². The standard InChI is InChI=1S/C16H12N2O2/c19-15-8-4-3-7-13(15)17-18-14-10-9-11-5-1-2-6-12(11)16(14)20/h1-10,19-20H/b18-17+. The average molecular weight is 264 g/mol. The summed E-state index contributed by atoms with van der Waals surface area (Å²) in [5.74, 6) is 0.138. The summed E-state index contributed by atoms with van der Waals surface area (Å²) in [5, 5.41) is 29.4. The summed E-state index contributed by atoms with van der Waals surface area (Å²) in [7, 11) is 0. The molecule has 3 aromatic carbocycles. The second-order valence-corrected chi connectivity index (χ2v) is 4.34. The smallest absolute Gasteiger partial charge is 0.150 e. The highest BCUT2D eigenvalue weighted by Crippen LogP contribution is 2.36. The predicted octanol–water partition coefficient (Wildman–Crippen LogP) is 4.67. The Morgan fingerprint density at radius 2 is 1.35 bits per heavy atom. The minimum atomic E-state index is 0.0523. The van der Waals surface area contributed by atoms with E-state index in [2.05, 4.69) is 10.2 Å². The molecule has 3 aromatic rings. The molecule has 20 heavy (non-hydrogen) atoms. The van der Waals surface area contributed by atoms with Gasteiger partial charge in [-0.25, -0.2) is 0 Å². The number of azo groups is 1. The minimum absolute atomic E-state index is 0.0523. The Kier molecular flexibility index (Phi) is 3.05. The van der Waals surface area contributed by atoms with Crippen LogP contribution in [0.4, 0.5) is 11.4 Å². The van der Waals surface area contributed by atoms with Crippen molar-refractivity contribution < 1.29 is 10.2 Å². The van der Waals surface area contributed by atoms with Gasteiger partial charge in [0.05, 0.1) is 0 Å². The van der Waals surface area contributed by atoms with Crippen LogP contribution in [0, 0.1) is 0 Å². The summed E-state index contributed by atoms with van der Waals surface area (Å²) in [6.07, 6.45) is 0. The Morgan fingerprint density at radius 3 is 2.20 bits per heavy atom. The molecule has 0 atom stereocenters. The largest absolute Gasteiger partial charge is 0.506 e. The van der Waals surface area contributed by atoms with Crippen LogP contribution in [0.15, 0.2) is 70.9 Å². The summed E-state index contributed by atoms with van der Waals surface area (Å²) in [4.78, 5) is 0. The van der Waals surface area contributed by atoms with Crippen LogP contribution < -0.4 is 0 Å². The fourth-order valence-corrected chi connectivity index (χ4v) is 1.98. The number of rotatable bonds is 2. The SMILES string of the molecule is Oc1ccccc1/N=N/c1ccc2ccccc2c1O. The molecule has 0 saturated carbocycles. The van der Waals surface area contributed by atoms with Gasteiger partial charge in [0, 0.05) is 5.39 Å². The van der Waals surface area contributed by atoms with Crippen LogP contribution in [0.25, 0.3) is 10.8 Å². The van der Waals surface area contributed by atoms with Gasteiger partial charge in [0.1, 0.15) is 17.1 Å². The quantitative estimate of drug-likeness (QED) is 0.661. The van der Waals surface area contributed by atoms with Crippen LogP contribution >= 0.6 is 0 Å². The lowest BCUT2D eigenvalue weighted by atomic mass is 10.1. The van der Waals surface area contributed by atoms with Crippen LogP contribution in [0.5, 0.6) is 11.5 Å². The van der Waals surface area contributed by atoms with Gasteiger partial charge in [-0.1, -0.05) is 42.5 Å². The molecule has 98 valence electrons. The average Bonchev–Trinajstić information content (AvgIpc) is 2.48. The van der Waals surface area contributed by atoms with E-state index in [1.54, 1.807) is 24.3 Å². The predicted molar refractivity (Wildman–Crippen MR) is 77.9 cm³/mol. The molecule has 0 spiro atoms. The topological polar surface area (TPSA) is 65.2 Å². The van der Waals surface area contributed by atoms with Crippen molar-refractivity contribution in [1.82, 2.24) is 0 Å². The van der Waals surface area contributed by atoms with E-state index < -0.39 is 0 Å². The first-order valence-electron chi connectivity index (χ1n) is 6.16. The van der Waals surface area contributed by atoms with Crippen molar-refractivity contribution in [3.05, 3.63) is 60.7 Å². The van der Waals surface area contributed by atoms with Gasteiger partial charge in [0.25, 0.3) is 0 Å². The second kappa shape index (κ2) is 5.01. The summed E-state index contributed by atoms with van der Waals surface area (Å²) in [6, 6.07) is 17.7. The third-order valence-electron chi connectivity index (χ3n) is 3.03. The lowest BCUT2D eigenvalue weighted by Crippen LogP contribution is -1.74. The zero-order chi connectivity index (χ0) is 13.9. The van der Waals surface area contributed by atoms with Crippen molar-refractivity contribution >= 4 is 22.1 Å². The van der Waals surface area contributed by atoms with E-state index in [9.17, 15) is 10.2 Å². The zero-order valence-corrected chi connectivity index (χ0v) is 10.6. The maximum absolute atomic E-state index is 10.2. The summed E-state index contributed by atoms with van der Waals surface area (Å²) in [6.45, 7) is 0. The Bertz CT molecular complexity index is 797. The molecule has 0 amide bonds. The molecule has 0 bridgehead atoms. The summed E-state index contributed by atoms with van der Waals surface area (Å²) in [5.41, 5.74) is 0.729. The van der Waals surface area contributed by atoms with Gasteiger partial charge in [0.2, 0.25) is 0 Å². The van der Waals surface area contributed by atoms with Gasteiger partial charge in [-0.3, -0.25) is 0 Å². The molecule has 0 radical (unpaired) electrons. The van der Waals surface area contributed by atoms with Gasteiger partial charge in [-0.2, -0.15) is 0 Å².